The van der Waals surface area contributed by atoms with Gasteiger partial charge in [0, 0.05) is 47.1 Å². The molecule has 1 spiro atoms. The largest absolute Gasteiger partial charge is 0.509 e. The molecular formula is C44H52N2O15. The van der Waals surface area contributed by atoms with Gasteiger partial charge in [0.05, 0.1) is 35.6 Å². The molecular weight excluding hydrogens is 796 g/mol. The Morgan fingerprint density at radius 2 is 1.57 bits per heavy atom. The number of hydrogen-bond acceptors (Lipinski definition) is 15. The molecule has 0 unspecified atom stereocenters. The van der Waals surface area contributed by atoms with Gasteiger partial charge in [0.15, 0.2) is 35.8 Å². The molecule has 0 radical (unpaired) electrons. The number of amides is 2. The molecule has 2 heterocycles. The van der Waals surface area contributed by atoms with Crippen LogP contribution < -0.4 is 5.32 Å². The zero-order valence-electron chi connectivity index (χ0n) is 35.5. The van der Waals surface area contributed by atoms with Gasteiger partial charge in [-0.1, -0.05) is 62.4 Å². The van der Waals surface area contributed by atoms with Crippen molar-refractivity contribution in [2.75, 3.05) is 34.9 Å². The van der Waals surface area contributed by atoms with Crippen molar-refractivity contribution >= 4 is 35.9 Å². The smallest absolute Gasteiger partial charge is 0.454 e. The number of nitrogens with zero attached hydrogens (tertiary/aromatic N) is 1. The van der Waals surface area contributed by atoms with E-state index in [-0.39, 0.29) is 29.7 Å². The Morgan fingerprint density at radius 3 is 2.13 bits per heavy atom. The highest BCUT2D eigenvalue weighted by molar-refractivity contribution is 5.95. The molecule has 2 bridgehead atoms. The summed E-state index contributed by atoms with van der Waals surface area (Å²) in [5, 5.41) is 14.4. The second-order valence-corrected chi connectivity index (χ2v) is 17.2. The van der Waals surface area contributed by atoms with Crippen LogP contribution in [0.4, 0.5) is 9.59 Å². The van der Waals surface area contributed by atoms with E-state index in [1.807, 2.05) is 0 Å². The fourth-order valence-electron chi connectivity index (χ4n) is 10.6. The van der Waals surface area contributed by atoms with Gasteiger partial charge >= 0.3 is 30.1 Å². The number of ether oxygens (including phenoxy) is 8. The third kappa shape index (κ3) is 6.58. The number of carbonyl (C=O) groups excluding carboxylic acids is 6. The van der Waals surface area contributed by atoms with E-state index in [0.717, 1.165) is 0 Å². The van der Waals surface area contributed by atoms with Gasteiger partial charge in [0.1, 0.15) is 12.2 Å². The standard InChI is InChI=1S/C44H52N2O15/c1-22-28-32(55-9)34(49)42(5)26(54-8)20-27-43(21-56-27,60-23(2)47)33(42)36(58-37(50)25-18-14-11-15-19-25)44(41(28,3)4)35(59-40(53)61-44)31(22)57-38(51)30(48)29(45-39(52)46(6)7)24-16-12-10-13-17-24/h10-19,26-27,29-33,35-36,48H,20-21H2,1-9H3,(H,45,52)/t26-,27+,29-,30+,31+,32+,33-,35-,36-,42+,43-,44+/m0/s1. The van der Waals surface area contributed by atoms with Crippen LogP contribution in [0.2, 0.25) is 0 Å². The predicted octanol–water partition coefficient (Wildman–Crippen LogP) is 3.47. The van der Waals surface area contributed by atoms with Gasteiger partial charge in [0.2, 0.25) is 5.60 Å². The van der Waals surface area contributed by atoms with Crippen molar-refractivity contribution in [2.45, 2.75) is 101 Å². The highest BCUT2D eigenvalue weighted by atomic mass is 16.8. The summed E-state index contributed by atoms with van der Waals surface area (Å²) >= 11 is 0. The summed E-state index contributed by atoms with van der Waals surface area (Å²) in [6.45, 7) is 7.51. The second kappa shape index (κ2) is 15.8. The molecule has 2 saturated carbocycles. The SMILES string of the molecule is CO[C@H]1C(=O)[C@]2(C)[C@@H](OC)C[C@H]3OC[C@@]3(OC(C)=O)[C@H]2[C@H](OC(=O)c2ccccc2)[C@]23OC(=O)O[C@H]2[C@H](OC(=O)[C@H](O)[C@@H](NC(=O)N(C)C)c2ccccc2)C(C)=C1C3(C)C. The normalized spacial score (nSPS) is 34.2. The molecule has 2 aliphatic heterocycles. The number of Topliss-reactive ketones (excluding diaryl/α,β-unsaturated/α-hetero) is 1. The summed E-state index contributed by atoms with van der Waals surface area (Å²) in [6, 6.07) is 14.3. The van der Waals surface area contributed by atoms with Gasteiger partial charge in [-0.25, -0.2) is 19.2 Å². The number of nitrogens with one attached hydrogen (secondary N) is 1. The molecule has 3 aliphatic carbocycles. The molecule has 17 heteroatoms. The molecule has 61 heavy (non-hydrogen) atoms. The van der Waals surface area contributed by atoms with E-state index < -0.39 is 113 Å². The van der Waals surface area contributed by atoms with E-state index in [4.69, 9.17) is 37.9 Å². The fourth-order valence-corrected chi connectivity index (χ4v) is 10.6. The highest BCUT2D eigenvalue weighted by Crippen LogP contribution is 2.67. The summed E-state index contributed by atoms with van der Waals surface area (Å²) in [6.07, 6.45) is -11.4. The van der Waals surface area contributed by atoms with Crippen LogP contribution in [-0.2, 0) is 52.3 Å². The maximum absolute atomic E-state index is 15.7. The molecule has 2 aromatic carbocycles. The van der Waals surface area contributed by atoms with Gasteiger partial charge in [-0.15, -0.1) is 0 Å². The van der Waals surface area contributed by atoms with E-state index >= 15 is 4.79 Å². The Kier molecular flexibility index (Phi) is 11.3. The summed E-state index contributed by atoms with van der Waals surface area (Å²) in [5.74, 6) is -4.79. The van der Waals surface area contributed by atoms with Crippen molar-refractivity contribution in [1.82, 2.24) is 10.2 Å². The number of esters is 3. The van der Waals surface area contributed by atoms with Gasteiger partial charge in [-0.05, 0) is 42.7 Å². The minimum absolute atomic E-state index is 0.0809. The minimum Gasteiger partial charge on any atom is -0.454 e. The van der Waals surface area contributed by atoms with Gasteiger partial charge in [-0.3, -0.25) is 9.59 Å². The molecule has 2 N–H and O–H groups in total. The number of fused-ring (bicyclic) bond motifs is 4. The number of aliphatic hydroxyl groups is 1. The molecule has 2 saturated heterocycles. The summed E-state index contributed by atoms with van der Waals surface area (Å²) < 4.78 is 49.7. The lowest BCUT2D eigenvalue weighted by Crippen LogP contribution is -2.83. The number of aliphatic hydroxyl groups excluding tert-OH is 1. The lowest BCUT2D eigenvalue weighted by Gasteiger charge is -2.67. The van der Waals surface area contributed by atoms with Crippen LogP contribution >= 0.6 is 0 Å². The van der Waals surface area contributed by atoms with E-state index in [9.17, 15) is 29.1 Å². The van der Waals surface area contributed by atoms with Gasteiger partial charge < -0.3 is 53.2 Å². The number of carbonyl (C=O) groups is 6. The first kappa shape index (κ1) is 43.7. The van der Waals surface area contributed by atoms with Crippen molar-refractivity contribution in [3.8, 4) is 0 Å². The Hall–Kier alpha value is -5.36. The van der Waals surface area contributed by atoms with E-state index in [1.165, 1.54) is 52.3 Å². The zero-order valence-corrected chi connectivity index (χ0v) is 35.5. The number of urea groups is 1. The Balaban J connectivity index is 1.47. The molecule has 4 fully saturated rings. The van der Waals surface area contributed by atoms with Crippen LogP contribution in [0.15, 0.2) is 71.8 Å². The average Bonchev–Trinajstić information content (AvgIpc) is 3.59. The molecule has 7 rings (SSSR count). The molecule has 328 valence electrons. The van der Waals surface area contributed by atoms with Crippen LogP contribution in [0.1, 0.15) is 63.0 Å². The lowest BCUT2D eigenvalue weighted by molar-refractivity contribution is -0.347. The fraction of sp³-hybridized carbons (Fsp3) is 0.545. The van der Waals surface area contributed by atoms with Gasteiger partial charge in [0.25, 0.3) is 0 Å². The highest BCUT2D eigenvalue weighted by Gasteiger charge is 2.83. The summed E-state index contributed by atoms with van der Waals surface area (Å²) in [4.78, 5) is 85.9. The van der Waals surface area contributed by atoms with Crippen LogP contribution in [-0.4, -0.2) is 135 Å². The number of benzene rings is 2. The monoisotopic (exact) mass is 848 g/mol. The summed E-state index contributed by atoms with van der Waals surface area (Å²) in [5.41, 5.74) is -6.24. The van der Waals surface area contributed by atoms with E-state index in [0.29, 0.717) is 5.56 Å². The van der Waals surface area contributed by atoms with Gasteiger partial charge in [-0.2, -0.15) is 0 Å². The first-order valence-electron chi connectivity index (χ1n) is 20.0. The molecule has 0 aromatic heterocycles. The van der Waals surface area contributed by atoms with Crippen molar-refractivity contribution in [1.29, 1.82) is 0 Å². The van der Waals surface area contributed by atoms with E-state index in [2.05, 4.69) is 5.32 Å². The molecule has 2 aromatic rings. The van der Waals surface area contributed by atoms with E-state index in [1.54, 1.807) is 76.2 Å². The van der Waals surface area contributed by atoms with Crippen LogP contribution in [0.5, 0.6) is 0 Å². The second-order valence-electron chi connectivity index (χ2n) is 17.2. The lowest BCUT2D eigenvalue weighted by atomic mass is 9.44. The molecule has 2 amide bonds. The minimum atomic E-state index is -2.19. The number of hydrogen-bond donors (Lipinski definition) is 2. The molecule has 5 aliphatic rings. The Labute approximate surface area is 352 Å². The number of methoxy groups -OCH3 is 2. The quantitative estimate of drug-likeness (QED) is 0.199. The maximum atomic E-state index is 15.7. The zero-order chi connectivity index (χ0) is 44.4. The maximum Gasteiger partial charge on any atom is 0.509 e. The van der Waals surface area contributed by atoms with Crippen LogP contribution in [0, 0.1) is 16.7 Å². The first-order valence-corrected chi connectivity index (χ1v) is 20.0. The average molecular weight is 849 g/mol. The predicted molar refractivity (Wildman–Crippen MR) is 211 cm³/mol. The first-order chi connectivity index (χ1) is 28.8. The van der Waals surface area contributed by atoms with Crippen LogP contribution in [0.25, 0.3) is 0 Å². The van der Waals surface area contributed by atoms with Crippen molar-refractivity contribution in [2.24, 2.45) is 16.7 Å². The molecule has 12 atom stereocenters. The topological polar surface area (TPSA) is 212 Å². The third-order valence-corrected chi connectivity index (χ3v) is 13.5. The van der Waals surface area contributed by atoms with Crippen molar-refractivity contribution in [3.05, 3.63) is 82.9 Å². The van der Waals surface area contributed by atoms with Crippen LogP contribution in [0.3, 0.4) is 0 Å². The number of ketones is 1. The van der Waals surface area contributed by atoms with Crippen molar-refractivity contribution < 1.29 is 71.8 Å². The summed E-state index contributed by atoms with van der Waals surface area (Å²) in [7, 11) is 5.72. The number of rotatable bonds is 10. The molecule has 17 nitrogen and oxygen atoms in total. The Morgan fingerprint density at radius 1 is 0.934 bits per heavy atom. The van der Waals surface area contributed by atoms with Crippen molar-refractivity contribution in [3.63, 3.8) is 0 Å². The Bertz CT molecular complexity index is 2130. The third-order valence-electron chi connectivity index (χ3n) is 13.5.